The molecule has 0 radical (unpaired) electrons. The minimum absolute atomic E-state index is 0.0576. The van der Waals surface area contributed by atoms with Crippen LogP contribution in [0, 0.1) is 0 Å². The van der Waals surface area contributed by atoms with Crippen LogP contribution in [-0.2, 0) is 16.2 Å². The second-order valence-corrected chi connectivity index (χ2v) is 17.0. The molecule has 0 bridgehead atoms. The number of fused-ring (bicyclic) bond motifs is 11. The smallest absolute Gasteiger partial charge is 0.143 e. The van der Waals surface area contributed by atoms with E-state index in [1.807, 2.05) is 0 Å². The molecule has 8 aromatic rings. The van der Waals surface area contributed by atoms with Crippen LogP contribution in [0.25, 0.3) is 55.0 Å². The van der Waals surface area contributed by atoms with Gasteiger partial charge in [0.2, 0.25) is 0 Å². The van der Waals surface area contributed by atoms with Crippen LogP contribution in [0.5, 0.6) is 0 Å². The van der Waals surface area contributed by atoms with Gasteiger partial charge in [0.1, 0.15) is 11.2 Å². The van der Waals surface area contributed by atoms with Crippen molar-refractivity contribution in [3.8, 4) is 22.3 Å². The number of anilines is 3. The van der Waals surface area contributed by atoms with Crippen molar-refractivity contribution in [2.75, 3.05) is 4.90 Å². The van der Waals surface area contributed by atoms with Gasteiger partial charge in [-0.2, -0.15) is 0 Å². The van der Waals surface area contributed by atoms with E-state index >= 15 is 0 Å². The highest BCUT2D eigenvalue weighted by Crippen LogP contribution is 2.57. The number of hydrogen-bond donors (Lipinski definition) is 0. The molecule has 2 aliphatic carbocycles. The summed E-state index contributed by atoms with van der Waals surface area (Å²) in [6, 6.07) is 49.8. The Hall–Kier alpha value is -5.60. The highest BCUT2D eigenvalue weighted by molar-refractivity contribution is 6.21. The number of furan rings is 1. The van der Waals surface area contributed by atoms with Crippen LogP contribution in [0.15, 0.2) is 138 Å². The van der Waals surface area contributed by atoms with Gasteiger partial charge in [0.25, 0.3) is 0 Å². The van der Waals surface area contributed by atoms with Crippen LogP contribution in [0.1, 0.15) is 76.3 Å². The Morgan fingerprint density at radius 1 is 0.500 bits per heavy atom. The van der Waals surface area contributed by atoms with Crippen LogP contribution in [0.3, 0.4) is 0 Å². The molecule has 0 saturated carbocycles. The zero-order chi connectivity index (χ0) is 35.7. The molecule has 10 rings (SSSR count). The van der Waals surface area contributed by atoms with E-state index in [0.29, 0.717) is 0 Å². The fraction of sp³-hybridized carbons (Fsp3) is 0.200. The summed E-state index contributed by atoms with van der Waals surface area (Å²) in [5.41, 5.74) is 17.1. The highest BCUT2D eigenvalue weighted by atomic mass is 16.3. The average Bonchev–Trinajstić information content (AvgIpc) is 3.72. The van der Waals surface area contributed by atoms with E-state index in [1.54, 1.807) is 0 Å². The maximum atomic E-state index is 6.80. The van der Waals surface area contributed by atoms with E-state index in [2.05, 4.69) is 187 Å². The van der Waals surface area contributed by atoms with E-state index in [4.69, 9.17) is 4.42 Å². The molecule has 0 atom stereocenters. The summed E-state index contributed by atoms with van der Waals surface area (Å²) in [4.78, 5) is 2.55. The second-order valence-electron chi connectivity index (χ2n) is 17.0. The number of rotatable bonds is 3. The topological polar surface area (TPSA) is 16.4 Å². The van der Waals surface area contributed by atoms with Gasteiger partial charge in [-0.15, -0.1) is 0 Å². The van der Waals surface area contributed by atoms with Crippen molar-refractivity contribution in [2.45, 2.75) is 64.7 Å². The molecule has 0 aliphatic heterocycles. The van der Waals surface area contributed by atoms with Crippen molar-refractivity contribution in [3.63, 3.8) is 0 Å². The van der Waals surface area contributed by atoms with Gasteiger partial charge in [-0.3, -0.25) is 0 Å². The molecule has 7 aromatic carbocycles. The standard InChI is InChI=1S/C50H43NO/c1-48(2,3)39-22-15-25-44-46(39)36-29-43(33-17-8-9-18-34(33)47(36)52-44)51(30-26-27-32-31-16-10-12-20-37(31)50(6,7)41(32)28-30)42-24-14-23-40-45(42)35-19-11-13-21-38(35)49(40,4)5/h8-29H,1-7H3. The van der Waals surface area contributed by atoms with Crippen molar-refractivity contribution in [3.05, 3.63) is 161 Å². The van der Waals surface area contributed by atoms with Gasteiger partial charge in [-0.25, -0.2) is 0 Å². The van der Waals surface area contributed by atoms with Gasteiger partial charge in [0.05, 0.1) is 11.4 Å². The third-order valence-electron chi connectivity index (χ3n) is 12.2. The maximum absolute atomic E-state index is 6.80. The van der Waals surface area contributed by atoms with Crippen LogP contribution < -0.4 is 4.90 Å². The summed E-state index contributed by atoms with van der Waals surface area (Å²) in [7, 11) is 0. The van der Waals surface area contributed by atoms with Crippen LogP contribution in [0.2, 0.25) is 0 Å². The average molecular weight is 674 g/mol. The van der Waals surface area contributed by atoms with Crippen LogP contribution >= 0.6 is 0 Å². The largest absolute Gasteiger partial charge is 0.455 e. The van der Waals surface area contributed by atoms with E-state index in [0.717, 1.165) is 38.7 Å². The third-order valence-corrected chi connectivity index (χ3v) is 12.2. The summed E-state index contributed by atoms with van der Waals surface area (Å²) in [6.07, 6.45) is 0. The molecule has 0 saturated heterocycles. The van der Waals surface area contributed by atoms with Gasteiger partial charge in [0.15, 0.2) is 0 Å². The highest BCUT2D eigenvalue weighted by Gasteiger charge is 2.39. The first-order chi connectivity index (χ1) is 25.0. The summed E-state index contributed by atoms with van der Waals surface area (Å²) >= 11 is 0. The Bertz CT molecular complexity index is 2790. The molecule has 0 fully saturated rings. The SMILES string of the molecule is CC(C)(C)c1cccc2oc3c4ccccc4c(N(c4ccc5c(c4)C(C)(C)c4ccccc4-5)c4cccc5c4-c4ccccc4C5(C)C)cc3c12. The molecule has 2 aliphatic rings. The minimum Gasteiger partial charge on any atom is -0.455 e. The summed E-state index contributed by atoms with van der Waals surface area (Å²) in [6.45, 7) is 16.4. The Balaban J connectivity index is 1.34. The summed E-state index contributed by atoms with van der Waals surface area (Å²) in [5, 5.41) is 4.64. The molecule has 0 spiro atoms. The van der Waals surface area contributed by atoms with Gasteiger partial charge < -0.3 is 9.32 Å². The molecule has 1 heterocycles. The van der Waals surface area contributed by atoms with Crippen molar-refractivity contribution in [1.82, 2.24) is 0 Å². The number of benzene rings is 7. The molecular formula is C50H43NO. The van der Waals surface area contributed by atoms with Crippen LogP contribution in [-0.4, -0.2) is 0 Å². The molecule has 1 aromatic heterocycles. The molecule has 254 valence electrons. The predicted molar refractivity (Wildman–Crippen MR) is 220 cm³/mol. The van der Waals surface area contributed by atoms with Crippen molar-refractivity contribution >= 4 is 49.8 Å². The van der Waals surface area contributed by atoms with Gasteiger partial charge in [-0.05, 0) is 80.3 Å². The molecule has 0 amide bonds. The van der Waals surface area contributed by atoms with Crippen molar-refractivity contribution < 1.29 is 4.42 Å². The van der Waals surface area contributed by atoms with E-state index in [9.17, 15) is 0 Å². The normalized spacial score (nSPS) is 15.1. The molecule has 2 heteroatoms. The van der Waals surface area contributed by atoms with E-state index in [1.165, 1.54) is 61.1 Å². The monoisotopic (exact) mass is 673 g/mol. The lowest BCUT2D eigenvalue weighted by Crippen LogP contribution is -2.17. The summed E-state index contributed by atoms with van der Waals surface area (Å²) < 4.78 is 6.80. The first-order valence-electron chi connectivity index (χ1n) is 18.6. The van der Waals surface area contributed by atoms with Gasteiger partial charge >= 0.3 is 0 Å². The zero-order valence-corrected chi connectivity index (χ0v) is 31.1. The minimum atomic E-state index is -0.130. The Labute approximate surface area is 306 Å². The Morgan fingerprint density at radius 2 is 1.12 bits per heavy atom. The Kier molecular flexibility index (Phi) is 6.28. The van der Waals surface area contributed by atoms with Crippen molar-refractivity contribution in [1.29, 1.82) is 0 Å². The fourth-order valence-corrected chi connectivity index (χ4v) is 9.60. The van der Waals surface area contributed by atoms with E-state index in [-0.39, 0.29) is 16.2 Å². The van der Waals surface area contributed by atoms with Crippen molar-refractivity contribution in [2.24, 2.45) is 0 Å². The van der Waals surface area contributed by atoms with Crippen LogP contribution in [0.4, 0.5) is 17.1 Å². The number of hydrogen-bond acceptors (Lipinski definition) is 2. The lowest BCUT2D eigenvalue weighted by Gasteiger charge is -2.31. The molecular weight excluding hydrogens is 631 g/mol. The summed E-state index contributed by atoms with van der Waals surface area (Å²) in [5.74, 6) is 0. The first-order valence-corrected chi connectivity index (χ1v) is 18.6. The second kappa shape index (κ2) is 10.5. The van der Waals surface area contributed by atoms with Gasteiger partial charge in [-0.1, -0.05) is 152 Å². The van der Waals surface area contributed by atoms with E-state index < -0.39 is 0 Å². The maximum Gasteiger partial charge on any atom is 0.143 e. The molecule has 2 nitrogen and oxygen atoms in total. The third kappa shape index (κ3) is 4.12. The molecule has 52 heavy (non-hydrogen) atoms. The lowest BCUT2D eigenvalue weighted by molar-refractivity contribution is 0.594. The van der Waals surface area contributed by atoms with Gasteiger partial charge in [0, 0.05) is 43.6 Å². The lowest BCUT2D eigenvalue weighted by atomic mass is 9.82. The predicted octanol–water partition coefficient (Wildman–Crippen LogP) is 14.1. The zero-order valence-electron chi connectivity index (χ0n) is 31.1. The fourth-order valence-electron chi connectivity index (χ4n) is 9.60. The quantitative estimate of drug-likeness (QED) is 0.186. The first kappa shape index (κ1) is 31.2. The number of nitrogens with zero attached hydrogens (tertiary/aromatic N) is 1. The molecule has 0 unspecified atom stereocenters. The Morgan fingerprint density at radius 3 is 1.88 bits per heavy atom. The molecule has 0 N–H and O–H groups in total.